The largest absolute Gasteiger partial charge is 0.489 e. The monoisotopic (exact) mass is 548 g/mol. The third-order valence-corrected chi connectivity index (χ3v) is 8.59. The molecular formula is C28H28N4O6S. The minimum absolute atomic E-state index is 0.0481. The first kappa shape index (κ1) is 26.4. The van der Waals surface area contributed by atoms with Crippen molar-refractivity contribution in [2.24, 2.45) is 0 Å². The summed E-state index contributed by atoms with van der Waals surface area (Å²) >= 11 is 0. The van der Waals surface area contributed by atoms with E-state index >= 15 is 0 Å². The third kappa shape index (κ3) is 4.87. The van der Waals surface area contributed by atoms with Gasteiger partial charge in [0.2, 0.25) is 10.0 Å². The van der Waals surface area contributed by atoms with Crippen molar-refractivity contribution < 1.29 is 23.2 Å². The summed E-state index contributed by atoms with van der Waals surface area (Å²) in [5.74, 6) is -0.561. The van der Waals surface area contributed by atoms with Crippen LogP contribution in [0.25, 0.3) is 5.69 Å². The molecule has 1 aliphatic rings. The lowest BCUT2D eigenvalue weighted by atomic mass is 9.81. The van der Waals surface area contributed by atoms with Crippen LogP contribution in [-0.2, 0) is 26.8 Å². The molecule has 0 bridgehead atoms. The first-order valence-corrected chi connectivity index (χ1v) is 13.7. The predicted octanol–water partition coefficient (Wildman–Crippen LogP) is 3.27. The molecule has 0 saturated heterocycles. The Labute approximate surface area is 225 Å². The lowest BCUT2D eigenvalue weighted by Gasteiger charge is -2.40. The number of nitrogens with zero attached hydrogens (tertiary/aromatic N) is 2. The molecule has 0 fully saturated rings. The Hall–Kier alpha value is -4.19. The van der Waals surface area contributed by atoms with Gasteiger partial charge in [0, 0.05) is 12.0 Å². The van der Waals surface area contributed by atoms with Gasteiger partial charge in [0.25, 0.3) is 11.5 Å². The number of carbonyl (C=O) groups excluding carboxylic acids is 1. The number of sulfonamides is 1. The Balaban J connectivity index is 1.52. The second-order valence-corrected chi connectivity index (χ2v) is 11.8. The van der Waals surface area contributed by atoms with Crippen molar-refractivity contribution in [1.29, 1.82) is 0 Å². The number of ether oxygens (including phenoxy) is 1. The first-order chi connectivity index (χ1) is 18.6. The highest BCUT2D eigenvalue weighted by Gasteiger charge is 2.50. The molecule has 2 heterocycles. The minimum atomic E-state index is -4.29. The van der Waals surface area contributed by atoms with Crippen molar-refractivity contribution in [1.82, 2.24) is 19.6 Å². The molecule has 0 aliphatic carbocycles. The van der Waals surface area contributed by atoms with E-state index in [9.17, 15) is 23.2 Å². The number of aromatic amines is 1. The van der Waals surface area contributed by atoms with Crippen LogP contribution in [0.4, 0.5) is 0 Å². The Kier molecular flexibility index (Phi) is 6.89. The number of benzene rings is 3. The summed E-state index contributed by atoms with van der Waals surface area (Å²) in [6.07, 6.45) is 0. The Morgan fingerprint density at radius 2 is 1.64 bits per heavy atom. The molecule has 1 aromatic heterocycles. The molecule has 1 unspecified atom stereocenters. The molecule has 0 spiro atoms. The number of aromatic nitrogens is 2. The summed E-state index contributed by atoms with van der Waals surface area (Å²) in [5.41, 5.74) is 1.96. The molecule has 3 aromatic carbocycles. The second kappa shape index (κ2) is 10.2. The zero-order valence-electron chi connectivity index (χ0n) is 21.4. The molecule has 1 amide bonds. The van der Waals surface area contributed by atoms with Crippen molar-refractivity contribution in [3.8, 4) is 11.4 Å². The summed E-state index contributed by atoms with van der Waals surface area (Å²) in [6.45, 7) is 3.76. The van der Waals surface area contributed by atoms with Crippen LogP contribution in [0.1, 0.15) is 36.7 Å². The van der Waals surface area contributed by atoms with Crippen LogP contribution in [0.2, 0.25) is 0 Å². The van der Waals surface area contributed by atoms with E-state index in [1.54, 1.807) is 49.7 Å². The van der Waals surface area contributed by atoms with Crippen molar-refractivity contribution >= 4 is 15.9 Å². The minimum Gasteiger partial charge on any atom is -0.489 e. The van der Waals surface area contributed by atoms with E-state index in [0.29, 0.717) is 23.7 Å². The molecule has 10 nitrogen and oxygen atoms in total. The number of para-hydroxylation sites is 1. The van der Waals surface area contributed by atoms with E-state index < -0.39 is 32.9 Å². The fourth-order valence-electron chi connectivity index (χ4n) is 4.81. The van der Waals surface area contributed by atoms with Crippen LogP contribution in [-0.4, -0.2) is 40.2 Å². The molecule has 11 heteroatoms. The van der Waals surface area contributed by atoms with Gasteiger partial charge in [-0.3, -0.25) is 19.9 Å². The van der Waals surface area contributed by atoms with E-state index in [1.165, 1.54) is 28.9 Å². The molecule has 0 radical (unpaired) electrons. The summed E-state index contributed by atoms with van der Waals surface area (Å²) in [6, 6.07) is 22.6. The second-order valence-electron chi connectivity index (χ2n) is 9.94. The highest BCUT2D eigenvalue weighted by Crippen LogP contribution is 2.40. The predicted molar refractivity (Wildman–Crippen MR) is 143 cm³/mol. The van der Waals surface area contributed by atoms with Gasteiger partial charge in [-0.1, -0.05) is 62.4 Å². The maximum absolute atomic E-state index is 13.9. The zero-order valence-corrected chi connectivity index (χ0v) is 22.2. The SMILES string of the molecule is CC1(C)CN(S(=O)(=O)c2ccc(OCc3ccccc3)cc2)C(C(=O)NO)c2c1[nH]n(-c1ccccc1)c2=O. The van der Waals surface area contributed by atoms with E-state index in [-0.39, 0.29) is 17.0 Å². The molecule has 1 atom stereocenters. The fourth-order valence-corrected chi connectivity index (χ4v) is 6.54. The van der Waals surface area contributed by atoms with Crippen molar-refractivity contribution in [3.63, 3.8) is 0 Å². The standard InChI is InChI=1S/C28H28N4O6S/c1-28(2)18-31(39(36,37)22-15-13-21(14-16-22)38-17-19-9-5-3-6-10-19)24(26(33)30-35)23-25(28)29-32(27(23)34)20-11-7-4-8-12-20/h3-16,24,29,35H,17-18H2,1-2H3,(H,30,33). The quantitative estimate of drug-likeness (QED) is 0.240. The van der Waals surface area contributed by atoms with E-state index in [1.807, 2.05) is 30.3 Å². The third-order valence-electron chi connectivity index (χ3n) is 6.77. The average Bonchev–Trinajstić information content (AvgIpc) is 3.30. The lowest BCUT2D eigenvalue weighted by molar-refractivity contribution is -0.134. The normalized spacial score (nSPS) is 16.8. The molecule has 3 N–H and O–H groups in total. The zero-order chi connectivity index (χ0) is 27.8. The van der Waals surface area contributed by atoms with Crippen LogP contribution < -0.4 is 15.8 Å². The maximum Gasteiger partial charge on any atom is 0.276 e. The molecule has 0 saturated carbocycles. The number of hydrogen-bond donors (Lipinski definition) is 3. The van der Waals surface area contributed by atoms with Gasteiger partial charge in [0.15, 0.2) is 0 Å². The van der Waals surface area contributed by atoms with Crippen LogP contribution in [0.3, 0.4) is 0 Å². The number of nitrogens with one attached hydrogen (secondary N) is 2. The molecule has 1 aliphatic heterocycles. The molecule has 5 rings (SSSR count). The van der Waals surface area contributed by atoms with Gasteiger partial charge in [-0.2, -0.15) is 4.31 Å². The van der Waals surface area contributed by atoms with Crippen LogP contribution >= 0.6 is 0 Å². The van der Waals surface area contributed by atoms with Gasteiger partial charge < -0.3 is 4.74 Å². The van der Waals surface area contributed by atoms with Crippen LogP contribution in [0.5, 0.6) is 5.75 Å². The average molecular weight is 549 g/mol. The Bertz CT molecular complexity index is 1650. The summed E-state index contributed by atoms with van der Waals surface area (Å²) in [4.78, 5) is 26.5. The van der Waals surface area contributed by atoms with Gasteiger partial charge in [0.1, 0.15) is 18.4 Å². The maximum atomic E-state index is 13.9. The van der Waals surface area contributed by atoms with Crippen LogP contribution in [0.15, 0.2) is 94.6 Å². The molecular weight excluding hydrogens is 520 g/mol. The van der Waals surface area contributed by atoms with Crippen LogP contribution in [0, 0.1) is 0 Å². The van der Waals surface area contributed by atoms with E-state index in [2.05, 4.69) is 5.10 Å². The smallest absolute Gasteiger partial charge is 0.276 e. The van der Waals surface area contributed by atoms with Gasteiger partial charge in [-0.15, -0.1) is 0 Å². The molecule has 39 heavy (non-hydrogen) atoms. The lowest BCUT2D eigenvalue weighted by Crippen LogP contribution is -2.53. The topological polar surface area (TPSA) is 134 Å². The van der Waals surface area contributed by atoms with Crippen molar-refractivity contribution in [2.45, 2.75) is 36.8 Å². The first-order valence-electron chi connectivity index (χ1n) is 12.3. The van der Waals surface area contributed by atoms with Gasteiger partial charge in [-0.25, -0.2) is 18.6 Å². The van der Waals surface area contributed by atoms with E-state index in [4.69, 9.17) is 4.74 Å². The Morgan fingerprint density at radius 3 is 2.26 bits per heavy atom. The summed E-state index contributed by atoms with van der Waals surface area (Å²) in [5, 5.41) is 12.6. The van der Waals surface area contributed by atoms with Gasteiger partial charge >= 0.3 is 0 Å². The number of carbonyl (C=O) groups is 1. The summed E-state index contributed by atoms with van der Waals surface area (Å²) in [7, 11) is -4.29. The number of H-pyrrole nitrogens is 1. The van der Waals surface area contributed by atoms with Crippen molar-refractivity contribution in [3.05, 3.63) is 112 Å². The van der Waals surface area contributed by atoms with E-state index in [0.717, 1.165) is 9.87 Å². The fraction of sp³-hybridized carbons (Fsp3) is 0.214. The number of hydroxylamine groups is 1. The number of fused-ring (bicyclic) bond motifs is 1. The highest BCUT2D eigenvalue weighted by atomic mass is 32.2. The number of amides is 1. The van der Waals surface area contributed by atoms with Gasteiger partial charge in [-0.05, 0) is 42.0 Å². The molecule has 202 valence electrons. The Morgan fingerprint density at radius 1 is 1.03 bits per heavy atom. The number of hydrogen-bond acceptors (Lipinski definition) is 6. The number of rotatable bonds is 7. The summed E-state index contributed by atoms with van der Waals surface area (Å²) < 4.78 is 35.8. The highest BCUT2D eigenvalue weighted by molar-refractivity contribution is 7.89. The van der Waals surface area contributed by atoms with Gasteiger partial charge in [0.05, 0.1) is 21.8 Å². The van der Waals surface area contributed by atoms with Crippen molar-refractivity contribution in [2.75, 3.05) is 6.54 Å². The molecule has 4 aromatic rings.